The van der Waals surface area contributed by atoms with E-state index in [1.165, 1.54) is 5.56 Å². The number of aryl methyl sites for hydroxylation is 2. The first kappa shape index (κ1) is 17.8. The van der Waals surface area contributed by atoms with E-state index in [4.69, 9.17) is 4.74 Å². The van der Waals surface area contributed by atoms with E-state index in [1.54, 1.807) is 0 Å². The van der Waals surface area contributed by atoms with Gasteiger partial charge in [0.15, 0.2) is 0 Å². The van der Waals surface area contributed by atoms with E-state index in [0.29, 0.717) is 13.0 Å². The van der Waals surface area contributed by atoms with Crippen molar-refractivity contribution in [1.82, 2.24) is 0 Å². The third-order valence-corrected chi connectivity index (χ3v) is 4.74. The zero-order chi connectivity index (χ0) is 16.8. The Labute approximate surface area is 151 Å². The van der Waals surface area contributed by atoms with E-state index in [1.807, 2.05) is 31.2 Å². The van der Waals surface area contributed by atoms with Crippen LogP contribution in [0.3, 0.4) is 0 Å². The van der Waals surface area contributed by atoms with Gasteiger partial charge in [0.1, 0.15) is 12.4 Å². The van der Waals surface area contributed by atoms with Crippen molar-refractivity contribution >= 4 is 34.2 Å². The fourth-order valence-corrected chi connectivity index (χ4v) is 2.96. The summed E-state index contributed by atoms with van der Waals surface area (Å²) in [7, 11) is 0. The van der Waals surface area contributed by atoms with Crippen LogP contribution in [0.1, 0.15) is 37.0 Å². The third-order valence-electron chi connectivity index (χ3n) is 3.73. The first-order chi connectivity index (χ1) is 11.0. The van der Waals surface area contributed by atoms with Crippen molar-refractivity contribution in [2.75, 3.05) is 5.32 Å². The summed E-state index contributed by atoms with van der Waals surface area (Å²) in [5, 5.41) is 2.95. The van der Waals surface area contributed by atoms with Gasteiger partial charge in [-0.1, -0.05) is 32.0 Å². The van der Waals surface area contributed by atoms with Crippen LogP contribution in [0, 0.1) is 10.5 Å². The fourth-order valence-electron chi connectivity index (χ4n) is 2.30. The molecule has 2 aromatic carbocycles. The lowest BCUT2D eigenvalue weighted by atomic mass is 10.1. The number of nitrogens with one attached hydrogen (secondary N) is 1. The van der Waals surface area contributed by atoms with Crippen molar-refractivity contribution in [2.24, 2.45) is 0 Å². The van der Waals surface area contributed by atoms with E-state index in [0.717, 1.165) is 32.6 Å². The van der Waals surface area contributed by atoms with Crippen molar-refractivity contribution in [3.05, 3.63) is 56.7 Å². The summed E-state index contributed by atoms with van der Waals surface area (Å²) >= 11 is 2.28. The minimum absolute atomic E-state index is 0.0109. The summed E-state index contributed by atoms with van der Waals surface area (Å²) in [6, 6.07) is 12.2. The molecule has 1 amide bonds. The third kappa shape index (κ3) is 4.70. The standard InChI is InChI=1S/C19H22INO2/c1-4-14-9-10-18(13(3)11-14)23-12-15-16(20)7-6-8-17(15)21-19(22)5-2/h6-11H,4-5,12H2,1-3H3,(H,21,22). The Morgan fingerprint density at radius 1 is 1.22 bits per heavy atom. The molecule has 2 aromatic rings. The summed E-state index contributed by atoms with van der Waals surface area (Å²) in [4.78, 5) is 11.7. The van der Waals surface area contributed by atoms with Gasteiger partial charge in [-0.2, -0.15) is 0 Å². The average Bonchev–Trinajstić information content (AvgIpc) is 2.55. The summed E-state index contributed by atoms with van der Waals surface area (Å²) in [6.07, 6.45) is 1.48. The molecule has 23 heavy (non-hydrogen) atoms. The number of carbonyl (C=O) groups excluding carboxylic acids is 1. The molecule has 2 rings (SSSR count). The van der Waals surface area contributed by atoms with Gasteiger partial charge in [-0.05, 0) is 65.3 Å². The Balaban J connectivity index is 2.18. The highest BCUT2D eigenvalue weighted by molar-refractivity contribution is 14.1. The van der Waals surface area contributed by atoms with E-state index in [2.05, 4.69) is 53.9 Å². The number of amides is 1. The van der Waals surface area contributed by atoms with Gasteiger partial charge in [0.2, 0.25) is 5.91 Å². The number of anilines is 1. The van der Waals surface area contributed by atoms with E-state index in [-0.39, 0.29) is 5.91 Å². The molecule has 0 aliphatic heterocycles. The average molecular weight is 423 g/mol. The maximum atomic E-state index is 11.7. The molecule has 0 spiro atoms. The Morgan fingerprint density at radius 2 is 2.00 bits per heavy atom. The predicted molar refractivity (Wildman–Crippen MR) is 103 cm³/mol. The number of hydrogen-bond acceptors (Lipinski definition) is 2. The molecule has 0 heterocycles. The molecule has 0 aliphatic carbocycles. The van der Waals surface area contributed by atoms with Crippen LogP contribution in [-0.4, -0.2) is 5.91 Å². The van der Waals surface area contributed by atoms with Crippen LogP contribution in [0.25, 0.3) is 0 Å². The molecule has 122 valence electrons. The number of halogens is 1. The quantitative estimate of drug-likeness (QED) is 0.658. The molecule has 0 aliphatic rings. The molecule has 0 saturated heterocycles. The largest absolute Gasteiger partial charge is 0.489 e. The summed E-state index contributed by atoms with van der Waals surface area (Å²) in [5.41, 5.74) is 4.27. The number of benzene rings is 2. The monoisotopic (exact) mass is 423 g/mol. The summed E-state index contributed by atoms with van der Waals surface area (Å²) in [5.74, 6) is 0.895. The van der Waals surface area contributed by atoms with Crippen LogP contribution in [0.5, 0.6) is 5.75 Å². The lowest BCUT2D eigenvalue weighted by Gasteiger charge is -2.15. The molecule has 0 saturated carbocycles. The molecule has 0 aromatic heterocycles. The van der Waals surface area contributed by atoms with Crippen molar-refractivity contribution < 1.29 is 9.53 Å². The maximum Gasteiger partial charge on any atom is 0.224 e. The van der Waals surface area contributed by atoms with Gasteiger partial charge in [-0.25, -0.2) is 0 Å². The van der Waals surface area contributed by atoms with Gasteiger partial charge >= 0.3 is 0 Å². The van der Waals surface area contributed by atoms with Gasteiger partial charge in [-0.3, -0.25) is 4.79 Å². The molecule has 0 bridgehead atoms. The van der Waals surface area contributed by atoms with Gasteiger partial charge in [0.25, 0.3) is 0 Å². The lowest BCUT2D eigenvalue weighted by Crippen LogP contribution is -2.13. The van der Waals surface area contributed by atoms with Crippen LogP contribution in [-0.2, 0) is 17.8 Å². The highest BCUT2D eigenvalue weighted by Gasteiger charge is 2.10. The van der Waals surface area contributed by atoms with Crippen LogP contribution in [0.15, 0.2) is 36.4 Å². The smallest absolute Gasteiger partial charge is 0.224 e. The second-order valence-corrected chi connectivity index (χ2v) is 6.57. The predicted octanol–water partition coefficient (Wildman–Crippen LogP) is 5.09. The van der Waals surface area contributed by atoms with E-state index < -0.39 is 0 Å². The summed E-state index contributed by atoms with van der Waals surface area (Å²) in [6.45, 7) is 6.48. The zero-order valence-electron chi connectivity index (χ0n) is 13.8. The van der Waals surface area contributed by atoms with Crippen LogP contribution in [0.2, 0.25) is 0 Å². The van der Waals surface area contributed by atoms with Crippen molar-refractivity contribution in [2.45, 2.75) is 40.2 Å². The molecular formula is C19H22INO2. The first-order valence-corrected chi connectivity index (χ1v) is 8.92. The molecule has 0 radical (unpaired) electrons. The van der Waals surface area contributed by atoms with Gasteiger partial charge in [-0.15, -0.1) is 0 Å². The number of carbonyl (C=O) groups is 1. The van der Waals surface area contributed by atoms with Crippen molar-refractivity contribution in [3.63, 3.8) is 0 Å². The second-order valence-electron chi connectivity index (χ2n) is 5.41. The Bertz CT molecular complexity index is 698. The van der Waals surface area contributed by atoms with Crippen LogP contribution >= 0.6 is 22.6 Å². The highest BCUT2D eigenvalue weighted by atomic mass is 127. The van der Waals surface area contributed by atoms with Gasteiger partial charge in [0, 0.05) is 21.2 Å². The van der Waals surface area contributed by atoms with Gasteiger partial charge < -0.3 is 10.1 Å². The number of rotatable bonds is 6. The van der Waals surface area contributed by atoms with Crippen LogP contribution in [0.4, 0.5) is 5.69 Å². The summed E-state index contributed by atoms with van der Waals surface area (Å²) < 4.78 is 7.09. The molecule has 0 fully saturated rings. The normalized spacial score (nSPS) is 10.4. The molecule has 0 atom stereocenters. The fraction of sp³-hybridized carbons (Fsp3) is 0.316. The molecule has 4 heteroatoms. The minimum Gasteiger partial charge on any atom is -0.489 e. The van der Waals surface area contributed by atoms with Crippen molar-refractivity contribution in [3.8, 4) is 5.75 Å². The molecule has 1 N–H and O–H groups in total. The van der Waals surface area contributed by atoms with Crippen molar-refractivity contribution in [1.29, 1.82) is 0 Å². The lowest BCUT2D eigenvalue weighted by molar-refractivity contribution is -0.115. The molecular weight excluding hydrogens is 401 g/mol. The van der Waals surface area contributed by atoms with Crippen LogP contribution < -0.4 is 10.1 Å². The molecule has 0 unspecified atom stereocenters. The Morgan fingerprint density at radius 3 is 2.65 bits per heavy atom. The Kier molecular flexibility index (Phi) is 6.45. The van der Waals surface area contributed by atoms with Gasteiger partial charge in [0.05, 0.1) is 0 Å². The zero-order valence-corrected chi connectivity index (χ0v) is 15.9. The topological polar surface area (TPSA) is 38.3 Å². The Hall–Kier alpha value is -1.56. The molecule has 3 nitrogen and oxygen atoms in total. The minimum atomic E-state index is 0.0109. The number of ether oxygens (including phenoxy) is 1. The maximum absolute atomic E-state index is 11.7. The SMILES string of the molecule is CCC(=O)Nc1cccc(I)c1COc1ccc(CC)cc1C. The van der Waals surface area contributed by atoms with E-state index in [9.17, 15) is 4.79 Å². The van der Waals surface area contributed by atoms with E-state index >= 15 is 0 Å². The number of hydrogen-bond donors (Lipinski definition) is 1. The first-order valence-electron chi connectivity index (χ1n) is 7.84. The highest BCUT2D eigenvalue weighted by Crippen LogP contribution is 2.26. The second kappa shape index (κ2) is 8.34.